The molecule has 2 aliphatic rings. The van der Waals surface area contributed by atoms with Crippen molar-refractivity contribution in [2.24, 2.45) is 11.8 Å². The third-order valence-electron chi connectivity index (χ3n) is 6.76. The molecule has 2 saturated heterocycles. The van der Waals surface area contributed by atoms with Gasteiger partial charge in [-0.1, -0.05) is 30.4 Å². The van der Waals surface area contributed by atoms with E-state index in [1.165, 1.54) is 0 Å². The molecule has 2 fully saturated rings. The molecule has 0 spiro atoms. The van der Waals surface area contributed by atoms with Crippen LogP contribution in [0.3, 0.4) is 0 Å². The van der Waals surface area contributed by atoms with E-state index in [1.807, 2.05) is 25.1 Å². The first kappa shape index (κ1) is 25.0. The van der Waals surface area contributed by atoms with Gasteiger partial charge in [-0.05, 0) is 57.1 Å². The number of hydrogen-bond acceptors (Lipinski definition) is 4. The highest BCUT2D eigenvalue weighted by Crippen LogP contribution is 2.44. The Labute approximate surface area is 196 Å². The van der Waals surface area contributed by atoms with Crippen molar-refractivity contribution in [3.8, 4) is 0 Å². The average molecular weight is 457 g/mol. The number of aliphatic carboxylic acids is 1. The molecule has 7 nitrogen and oxygen atoms in total. The number of unbranched alkanes of at least 4 members (excludes halogenated alkanes) is 1. The number of allylic oxidation sites excluding steroid dienone is 2. The van der Waals surface area contributed by atoms with Crippen LogP contribution in [0.4, 0.5) is 0 Å². The summed E-state index contributed by atoms with van der Waals surface area (Å²) < 4.78 is 6.12. The van der Waals surface area contributed by atoms with Gasteiger partial charge in [-0.2, -0.15) is 0 Å². The third-order valence-corrected chi connectivity index (χ3v) is 6.76. The van der Waals surface area contributed by atoms with E-state index < -0.39 is 5.97 Å². The van der Waals surface area contributed by atoms with Crippen LogP contribution in [0.2, 0.25) is 0 Å². The third kappa shape index (κ3) is 7.16. The molecule has 2 aliphatic heterocycles. The highest BCUT2D eigenvalue weighted by Gasteiger charge is 2.47. The molecule has 2 amide bonds. The van der Waals surface area contributed by atoms with Crippen molar-refractivity contribution in [1.82, 2.24) is 10.2 Å². The quantitative estimate of drug-likeness (QED) is 0.349. The Balaban J connectivity index is 1.42. The number of fused-ring (bicyclic) bond motifs is 2. The average Bonchev–Trinajstić information content (AvgIpc) is 3.42. The number of carbonyl (C=O) groups excluding carboxylic acids is 2. The Morgan fingerprint density at radius 1 is 1.09 bits per heavy atom. The van der Waals surface area contributed by atoms with Gasteiger partial charge in [0.1, 0.15) is 0 Å². The molecule has 1 aromatic rings. The second-order valence-electron chi connectivity index (χ2n) is 8.92. The zero-order valence-corrected chi connectivity index (χ0v) is 19.4. The van der Waals surface area contributed by atoms with Crippen molar-refractivity contribution >= 4 is 17.8 Å². The number of carboxylic acid groups (broad SMARTS) is 1. The van der Waals surface area contributed by atoms with Gasteiger partial charge in [0.2, 0.25) is 5.91 Å². The number of carbonyl (C=O) groups is 3. The van der Waals surface area contributed by atoms with Crippen LogP contribution in [0, 0.1) is 11.8 Å². The van der Waals surface area contributed by atoms with E-state index in [0.29, 0.717) is 43.5 Å². The minimum Gasteiger partial charge on any atom is -0.481 e. The highest BCUT2D eigenvalue weighted by molar-refractivity contribution is 5.94. The normalized spacial score (nSPS) is 23.7. The highest BCUT2D eigenvalue weighted by atomic mass is 16.5. The summed E-state index contributed by atoms with van der Waals surface area (Å²) in [6.07, 6.45) is 9.55. The summed E-state index contributed by atoms with van der Waals surface area (Å²) >= 11 is 0. The number of rotatable bonds is 13. The predicted octanol–water partition coefficient (Wildman–Crippen LogP) is 3.65. The Morgan fingerprint density at radius 3 is 2.52 bits per heavy atom. The lowest BCUT2D eigenvalue weighted by molar-refractivity contribution is -0.137. The summed E-state index contributed by atoms with van der Waals surface area (Å²) in [6.45, 7) is 3.47. The summed E-state index contributed by atoms with van der Waals surface area (Å²) in [7, 11) is 0. The lowest BCUT2D eigenvalue weighted by Gasteiger charge is -2.27. The summed E-state index contributed by atoms with van der Waals surface area (Å²) in [5.74, 6) is -0.175. The molecule has 2 N–H and O–H groups in total. The van der Waals surface area contributed by atoms with Crippen LogP contribution in [-0.2, 0) is 14.3 Å². The fraction of sp³-hybridized carbons (Fsp3) is 0.577. The second kappa shape index (κ2) is 12.5. The minimum absolute atomic E-state index is 0.0416. The fourth-order valence-corrected chi connectivity index (χ4v) is 4.95. The topological polar surface area (TPSA) is 95.9 Å². The number of ether oxygens (including phenoxy) is 1. The van der Waals surface area contributed by atoms with E-state index in [1.54, 1.807) is 17.0 Å². The van der Waals surface area contributed by atoms with E-state index in [0.717, 1.165) is 25.7 Å². The van der Waals surface area contributed by atoms with Gasteiger partial charge < -0.3 is 20.1 Å². The van der Waals surface area contributed by atoms with Crippen LogP contribution >= 0.6 is 0 Å². The molecule has 0 unspecified atom stereocenters. The number of hydrogen-bond donors (Lipinski definition) is 2. The number of amides is 2. The molecule has 4 atom stereocenters. The number of nitrogens with zero attached hydrogens (tertiary/aromatic N) is 1. The standard InChI is InChI=1S/C26H36N2O5/c1-2-28(26(32)19-10-6-5-7-11-19)17-16-24(29)27-18-21-20(22-14-15-23(21)33-22)12-8-3-4-9-13-25(30)31/h3,5-8,10-11,20-23H,2,4,9,12-18H2,1H3,(H,27,29)(H,30,31)/b8-3-/t20-,21+,22-,23+/m1/s1. The van der Waals surface area contributed by atoms with Gasteiger partial charge in [0.15, 0.2) is 0 Å². The van der Waals surface area contributed by atoms with Gasteiger partial charge in [-0.25, -0.2) is 0 Å². The monoisotopic (exact) mass is 456 g/mol. The molecule has 0 radical (unpaired) electrons. The van der Waals surface area contributed by atoms with Gasteiger partial charge in [0.05, 0.1) is 12.2 Å². The molecule has 0 aromatic heterocycles. The van der Waals surface area contributed by atoms with Crippen LogP contribution in [-0.4, -0.2) is 59.6 Å². The van der Waals surface area contributed by atoms with Crippen LogP contribution in [0.1, 0.15) is 62.2 Å². The molecule has 2 heterocycles. The molecule has 0 aliphatic carbocycles. The predicted molar refractivity (Wildman–Crippen MR) is 126 cm³/mol. The smallest absolute Gasteiger partial charge is 0.303 e. The zero-order valence-electron chi connectivity index (χ0n) is 19.4. The van der Waals surface area contributed by atoms with E-state index in [2.05, 4.69) is 17.5 Å². The second-order valence-corrected chi connectivity index (χ2v) is 8.92. The zero-order chi connectivity index (χ0) is 23.6. The van der Waals surface area contributed by atoms with Gasteiger partial charge in [-0.15, -0.1) is 0 Å². The van der Waals surface area contributed by atoms with Crippen molar-refractivity contribution in [2.45, 2.75) is 64.1 Å². The van der Waals surface area contributed by atoms with Gasteiger partial charge in [0, 0.05) is 44.0 Å². The van der Waals surface area contributed by atoms with Crippen molar-refractivity contribution in [3.63, 3.8) is 0 Å². The molecular weight excluding hydrogens is 420 g/mol. The Bertz CT molecular complexity index is 825. The lowest BCUT2D eigenvalue weighted by Crippen LogP contribution is -2.40. The maximum absolute atomic E-state index is 12.6. The first-order valence-corrected chi connectivity index (χ1v) is 12.1. The summed E-state index contributed by atoms with van der Waals surface area (Å²) in [5, 5.41) is 11.8. The van der Waals surface area contributed by atoms with Crippen LogP contribution in [0.15, 0.2) is 42.5 Å². The van der Waals surface area contributed by atoms with Crippen molar-refractivity contribution in [2.75, 3.05) is 19.6 Å². The van der Waals surface area contributed by atoms with Gasteiger partial charge >= 0.3 is 5.97 Å². The Kier molecular flexibility index (Phi) is 9.48. The molecule has 180 valence electrons. The van der Waals surface area contributed by atoms with Crippen molar-refractivity contribution in [3.05, 3.63) is 48.0 Å². The minimum atomic E-state index is -0.757. The summed E-state index contributed by atoms with van der Waals surface area (Å²) in [4.78, 5) is 37.5. The molecule has 33 heavy (non-hydrogen) atoms. The van der Waals surface area contributed by atoms with E-state index >= 15 is 0 Å². The van der Waals surface area contributed by atoms with E-state index in [4.69, 9.17) is 9.84 Å². The largest absolute Gasteiger partial charge is 0.481 e. The van der Waals surface area contributed by atoms with Crippen LogP contribution < -0.4 is 5.32 Å². The molecule has 3 rings (SSSR count). The van der Waals surface area contributed by atoms with E-state index in [9.17, 15) is 14.4 Å². The first-order valence-electron chi connectivity index (χ1n) is 12.1. The lowest BCUT2D eigenvalue weighted by atomic mass is 9.77. The Morgan fingerprint density at radius 2 is 1.82 bits per heavy atom. The Hall–Kier alpha value is -2.67. The van der Waals surface area contributed by atoms with Gasteiger partial charge in [0.25, 0.3) is 5.91 Å². The fourth-order valence-electron chi connectivity index (χ4n) is 4.95. The SMILES string of the molecule is CCN(CCC(=O)NC[C@H]1[C@@H](C/C=C\CCCC(=O)O)[C@H]2CC[C@@H]1O2)C(=O)c1ccccc1. The molecule has 1 aromatic carbocycles. The molecular formula is C26H36N2O5. The van der Waals surface area contributed by atoms with Crippen molar-refractivity contribution in [1.29, 1.82) is 0 Å². The van der Waals surface area contributed by atoms with Gasteiger partial charge in [-0.3, -0.25) is 14.4 Å². The number of benzene rings is 1. The van der Waals surface area contributed by atoms with Crippen LogP contribution in [0.25, 0.3) is 0 Å². The summed E-state index contributed by atoms with van der Waals surface area (Å²) in [6, 6.07) is 9.14. The maximum Gasteiger partial charge on any atom is 0.303 e. The molecule has 0 saturated carbocycles. The summed E-state index contributed by atoms with van der Waals surface area (Å²) in [5.41, 5.74) is 0.637. The maximum atomic E-state index is 12.6. The van der Waals surface area contributed by atoms with Crippen LogP contribution in [0.5, 0.6) is 0 Å². The molecule has 2 bridgehead atoms. The molecule has 7 heteroatoms. The number of carboxylic acids is 1. The van der Waals surface area contributed by atoms with E-state index in [-0.39, 0.29) is 36.9 Å². The van der Waals surface area contributed by atoms with Crippen molar-refractivity contribution < 1.29 is 24.2 Å². The number of nitrogens with one attached hydrogen (secondary N) is 1. The first-order chi connectivity index (χ1) is 16.0.